The highest BCUT2D eigenvalue weighted by Gasteiger charge is 2.51. The molecule has 0 N–H and O–H groups in total. The maximum Gasteiger partial charge on any atom is 0.333 e. The molecule has 7 nitrogen and oxygen atoms in total. The molecule has 2 aliphatic heterocycles. The molecule has 1 unspecified atom stereocenters. The summed E-state index contributed by atoms with van der Waals surface area (Å²) in [6.45, 7) is 13.6. The van der Waals surface area contributed by atoms with Crippen LogP contribution in [-0.2, 0) is 25.3 Å². The molecule has 1 saturated carbocycles. The number of carbonyl (C=O) groups excluding carboxylic acids is 1. The smallest absolute Gasteiger partial charge is 0.333 e. The lowest BCUT2D eigenvalue weighted by Gasteiger charge is -2.47. The molecule has 6 aromatic rings. The average molecular weight is 866 g/mol. The van der Waals surface area contributed by atoms with Crippen LogP contribution in [0.25, 0.3) is 39.1 Å². The van der Waals surface area contributed by atoms with E-state index < -0.39 is 11.6 Å². The SMILES string of the molecule is C=C(C)C(=O)OCCOc1ccc(C2(c3ccc(N4CCOCC4)cc3)C=Cc3c4c(c5cc(-c6ccccc6)c(OC)cc5c3O2)-c2ccccc2C42CCC(CC)(CC)CC2)cc1. The van der Waals surface area contributed by atoms with Crippen molar-refractivity contribution < 1.29 is 28.5 Å². The predicted molar refractivity (Wildman–Crippen MR) is 261 cm³/mol. The van der Waals surface area contributed by atoms with Crippen molar-refractivity contribution in [1.29, 1.82) is 0 Å². The molecule has 2 fully saturated rings. The van der Waals surface area contributed by atoms with Gasteiger partial charge in [0.1, 0.15) is 30.5 Å². The molecule has 4 aliphatic rings. The van der Waals surface area contributed by atoms with Crippen LogP contribution < -0.4 is 19.1 Å². The number of esters is 1. The van der Waals surface area contributed by atoms with Crippen LogP contribution in [0.4, 0.5) is 5.69 Å². The Labute approximate surface area is 383 Å². The summed E-state index contributed by atoms with van der Waals surface area (Å²) < 4.78 is 31.2. The minimum absolute atomic E-state index is 0.131. The van der Waals surface area contributed by atoms with Gasteiger partial charge in [0.25, 0.3) is 0 Å². The molecule has 2 aliphatic carbocycles. The van der Waals surface area contributed by atoms with E-state index in [4.69, 9.17) is 23.7 Å². The second kappa shape index (κ2) is 17.2. The number of ether oxygens (including phenoxy) is 5. The summed E-state index contributed by atoms with van der Waals surface area (Å²) in [5, 5.41) is 2.20. The zero-order valence-corrected chi connectivity index (χ0v) is 38.2. The first-order chi connectivity index (χ1) is 31.7. The Balaban J connectivity index is 1.17. The topological polar surface area (TPSA) is 66.5 Å². The summed E-state index contributed by atoms with van der Waals surface area (Å²) in [6.07, 6.45) is 11.6. The molecule has 10 rings (SSSR count). The van der Waals surface area contributed by atoms with Gasteiger partial charge in [0.15, 0.2) is 5.60 Å². The Kier molecular flexibility index (Phi) is 11.3. The van der Waals surface area contributed by atoms with Crippen molar-refractivity contribution in [2.24, 2.45) is 5.41 Å². The zero-order valence-electron chi connectivity index (χ0n) is 38.2. The predicted octanol–water partition coefficient (Wildman–Crippen LogP) is 12.8. The number of rotatable bonds is 12. The van der Waals surface area contributed by atoms with Crippen molar-refractivity contribution in [2.75, 3.05) is 51.5 Å². The molecule has 0 aromatic heterocycles. The number of anilines is 1. The molecule has 2 heterocycles. The number of benzene rings is 6. The summed E-state index contributed by atoms with van der Waals surface area (Å²) in [5.41, 5.74) is 11.5. The normalized spacial score (nSPS) is 18.9. The van der Waals surface area contributed by atoms with Crippen molar-refractivity contribution in [1.82, 2.24) is 0 Å². The summed E-state index contributed by atoms with van der Waals surface area (Å²) in [5.74, 6) is 1.92. The van der Waals surface area contributed by atoms with E-state index in [2.05, 4.69) is 141 Å². The Hall–Kier alpha value is -6.31. The number of carbonyl (C=O) groups is 1. The molecule has 1 spiro atoms. The van der Waals surface area contributed by atoms with E-state index >= 15 is 0 Å². The maximum atomic E-state index is 12.0. The fourth-order valence-electron chi connectivity index (χ4n) is 11.3. The highest BCUT2D eigenvalue weighted by molar-refractivity contribution is 6.10. The second-order valence-electron chi connectivity index (χ2n) is 18.4. The highest BCUT2D eigenvalue weighted by Crippen LogP contribution is 2.65. The fraction of sp³-hybridized carbons (Fsp3) is 0.328. The number of hydrogen-bond donors (Lipinski definition) is 0. The lowest BCUT2D eigenvalue weighted by Crippen LogP contribution is -2.38. The second-order valence-corrected chi connectivity index (χ2v) is 18.4. The van der Waals surface area contributed by atoms with Gasteiger partial charge < -0.3 is 28.6 Å². The highest BCUT2D eigenvalue weighted by atomic mass is 16.6. The molecule has 0 amide bonds. The van der Waals surface area contributed by atoms with Gasteiger partial charge in [0, 0.05) is 57.4 Å². The largest absolute Gasteiger partial charge is 0.496 e. The summed E-state index contributed by atoms with van der Waals surface area (Å²) in [7, 11) is 1.77. The molecule has 6 aromatic carbocycles. The van der Waals surface area contributed by atoms with E-state index in [9.17, 15) is 4.79 Å². The summed E-state index contributed by atoms with van der Waals surface area (Å²) in [4.78, 5) is 14.4. The van der Waals surface area contributed by atoms with Gasteiger partial charge in [-0.2, -0.15) is 0 Å². The molecule has 332 valence electrons. The first kappa shape index (κ1) is 42.6. The Morgan fingerprint density at radius 1 is 0.769 bits per heavy atom. The number of methoxy groups -OCH3 is 1. The van der Waals surface area contributed by atoms with Gasteiger partial charge in [-0.1, -0.05) is 118 Å². The number of fused-ring (bicyclic) bond motifs is 10. The van der Waals surface area contributed by atoms with E-state index in [1.807, 2.05) is 12.1 Å². The third-order valence-corrected chi connectivity index (χ3v) is 15.2. The molecular weight excluding hydrogens is 807 g/mol. The van der Waals surface area contributed by atoms with E-state index in [0.29, 0.717) is 16.7 Å². The quantitative estimate of drug-likeness (QED) is 0.0689. The standard InChI is InChI=1S/C58H59NO6/c1-6-56(7-2)27-29-57(30-28-56)50-16-12-11-15-45(50)52-48-37-47(40-13-9-8-10-14-40)51(61-5)38-49(48)54-46(53(52)57)25-26-58(65-54,41-17-21-43(22-18-41)59-31-33-62-34-32-59)42-19-23-44(24-20-42)63-35-36-64-55(60)39(3)4/h8-26,37-38H,3,6-7,27-36H2,1-2,4-5H3. The minimum atomic E-state index is -0.997. The average Bonchev–Trinajstić information content (AvgIpc) is 3.65. The van der Waals surface area contributed by atoms with Gasteiger partial charge in [0.05, 0.1) is 20.3 Å². The first-order valence-electron chi connectivity index (χ1n) is 23.5. The number of nitrogens with zero attached hydrogens (tertiary/aromatic N) is 1. The van der Waals surface area contributed by atoms with Crippen LogP contribution in [0.1, 0.15) is 87.1 Å². The van der Waals surface area contributed by atoms with E-state index in [-0.39, 0.29) is 18.6 Å². The van der Waals surface area contributed by atoms with Crippen molar-refractivity contribution in [3.05, 3.63) is 161 Å². The molecule has 0 bridgehead atoms. The van der Waals surface area contributed by atoms with Crippen molar-refractivity contribution in [3.63, 3.8) is 0 Å². The molecular formula is C58H59NO6. The number of morpholine rings is 1. The maximum absolute atomic E-state index is 12.0. The van der Waals surface area contributed by atoms with Crippen LogP contribution in [-0.4, -0.2) is 52.6 Å². The van der Waals surface area contributed by atoms with E-state index in [1.54, 1.807) is 14.0 Å². The lowest BCUT2D eigenvalue weighted by molar-refractivity contribution is -0.139. The van der Waals surface area contributed by atoms with E-state index in [1.165, 1.54) is 53.3 Å². The van der Waals surface area contributed by atoms with Gasteiger partial charge in [-0.15, -0.1) is 0 Å². The molecule has 0 radical (unpaired) electrons. The van der Waals surface area contributed by atoms with Crippen LogP contribution in [0.15, 0.2) is 133 Å². The van der Waals surface area contributed by atoms with Gasteiger partial charge in [-0.3, -0.25) is 0 Å². The summed E-state index contributed by atoms with van der Waals surface area (Å²) >= 11 is 0. The monoisotopic (exact) mass is 865 g/mol. The van der Waals surface area contributed by atoms with Gasteiger partial charge in [0.2, 0.25) is 0 Å². The van der Waals surface area contributed by atoms with Gasteiger partial charge in [-0.05, 0) is 114 Å². The molecule has 1 atom stereocenters. The zero-order chi connectivity index (χ0) is 44.8. The van der Waals surface area contributed by atoms with Crippen LogP contribution >= 0.6 is 0 Å². The first-order valence-corrected chi connectivity index (χ1v) is 23.5. The van der Waals surface area contributed by atoms with Crippen molar-refractivity contribution in [2.45, 2.75) is 70.3 Å². The van der Waals surface area contributed by atoms with Crippen LogP contribution in [0.2, 0.25) is 0 Å². The van der Waals surface area contributed by atoms with Crippen LogP contribution in [0, 0.1) is 5.41 Å². The van der Waals surface area contributed by atoms with Crippen LogP contribution in [0.5, 0.6) is 17.2 Å². The van der Waals surface area contributed by atoms with E-state index in [0.717, 1.165) is 89.5 Å². The Morgan fingerprint density at radius 3 is 2.12 bits per heavy atom. The molecule has 7 heteroatoms. The van der Waals surface area contributed by atoms with Gasteiger partial charge in [-0.25, -0.2) is 4.79 Å². The third kappa shape index (κ3) is 7.29. The molecule has 65 heavy (non-hydrogen) atoms. The summed E-state index contributed by atoms with van der Waals surface area (Å²) in [6, 6.07) is 41.4. The van der Waals surface area contributed by atoms with Crippen LogP contribution in [0.3, 0.4) is 0 Å². The lowest BCUT2D eigenvalue weighted by atomic mass is 9.58. The van der Waals surface area contributed by atoms with Crippen molar-refractivity contribution >= 4 is 28.5 Å². The number of hydrogen-bond acceptors (Lipinski definition) is 7. The van der Waals surface area contributed by atoms with Gasteiger partial charge >= 0.3 is 5.97 Å². The fourth-order valence-corrected chi connectivity index (χ4v) is 11.3. The Bertz CT molecular complexity index is 2770. The molecule has 1 saturated heterocycles. The third-order valence-electron chi connectivity index (χ3n) is 15.2. The minimum Gasteiger partial charge on any atom is -0.496 e. The Morgan fingerprint density at radius 2 is 1.45 bits per heavy atom. The van der Waals surface area contributed by atoms with Crippen molar-refractivity contribution in [3.8, 4) is 39.5 Å².